The molecule has 0 fully saturated rings. The molecule has 0 unspecified atom stereocenters. The summed E-state index contributed by atoms with van der Waals surface area (Å²) in [4.78, 5) is 27.3. The van der Waals surface area contributed by atoms with Gasteiger partial charge < -0.3 is 14.5 Å². The van der Waals surface area contributed by atoms with Gasteiger partial charge in [0, 0.05) is 12.5 Å². The predicted molar refractivity (Wildman–Crippen MR) is 49.5 cm³/mol. The van der Waals surface area contributed by atoms with E-state index in [1.165, 1.54) is 12.2 Å². The average Bonchev–Trinajstić information content (AvgIpc) is 2.02. The Kier molecular flexibility index (Phi) is 6.40. The smallest absolute Gasteiger partial charge is 0.462 e. The Morgan fingerprint density at radius 3 is 2.64 bits per heavy atom. The molecule has 2 N–H and O–H groups in total. The van der Waals surface area contributed by atoms with Crippen LogP contribution in [0.3, 0.4) is 0 Å². The van der Waals surface area contributed by atoms with Crippen LogP contribution in [0.25, 0.3) is 0 Å². The van der Waals surface area contributed by atoms with Gasteiger partial charge in [-0.15, -0.1) is 0 Å². The number of carbonyl (C=O) groups is 1. The predicted octanol–water partition coefficient (Wildman–Crippen LogP) is 0.718. The highest BCUT2D eigenvalue weighted by Gasteiger charge is 2.12. The van der Waals surface area contributed by atoms with Crippen molar-refractivity contribution in [2.24, 2.45) is 0 Å². The number of hydrogen-bond donors (Lipinski definition) is 2. The van der Waals surface area contributed by atoms with Gasteiger partial charge >= 0.3 is 15.2 Å². The van der Waals surface area contributed by atoms with Crippen LogP contribution in [-0.2, 0) is 18.6 Å². The van der Waals surface area contributed by atoms with Crippen molar-refractivity contribution in [2.75, 3.05) is 13.2 Å². The molecule has 0 saturated carbocycles. The van der Waals surface area contributed by atoms with E-state index in [4.69, 9.17) is 9.79 Å². The Balaban J connectivity index is 0. The summed E-state index contributed by atoms with van der Waals surface area (Å²) in [6.07, 6.45) is 3.03. The normalized spacial score (nSPS) is 11.9. The van der Waals surface area contributed by atoms with Crippen molar-refractivity contribution in [2.45, 2.75) is 13.3 Å². The van der Waals surface area contributed by atoms with Crippen LogP contribution in [0.15, 0.2) is 12.2 Å². The summed E-state index contributed by atoms with van der Waals surface area (Å²) in [5.74, 6) is -0.483. The second-order valence-corrected chi connectivity index (χ2v) is 3.58. The van der Waals surface area contributed by atoms with Gasteiger partial charge in [-0.05, 0) is 6.92 Å². The van der Waals surface area contributed by atoms with Crippen molar-refractivity contribution >= 4 is 13.8 Å². The molecular weight excluding hydrogens is 211 g/mol. The van der Waals surface area contributed by atoms with Crippen LogP contribution in [0.4, 0.5) is 0 Å². The highest BCUT2D eigenvalue weighted by Crippen LogP contribution is 2.35. The molecule has 0 aliphatic rings. The maximum atomic E-state index is 10.7. The van der Waals surface area contributed by atoms with Crippen molar-refractivity contribution < 1.29 is 29.8 Å². The number of rotatable bonds is 6. The number of phosphoric ester groups is 1. The van der Waals surface area contributed by atoms with Crippen LogP contribution in [0.1, 0.15) is 14.8 Å². The van der Waals surface area contributed by atoms with Gasteiger partial charge in [-0.2, -0.15) is 0 Å². The minimum absolute atomic E-state index is 0. The van der Waals surface area contributed by atoms with E-state index in [9.17, 15) is 9.36 Å². The van der Waals surface area contributed by atoms with Gasteiger partial charge in [-0.3, -0.25) is 4.52 Å². The van der Waals surface area contributed by atoms with Gasteiger partial charge in [-0.25, -0.2) is 9.36 Å². The second kappa shape index (κ2) is 6.73. The first kappa shape index (κ1) is 13.3. The summed E-state index contributed by atoms with van der Waals surface area (Å²) in [5, 5.41) is 0. The number of allylic oxidation sites excluding steroid dienone is 1. The van der Waals surface area contributed by atoms with E-state index in [0.717, 1.165) is 0 Å². The van der Waals surface area contributed by atoms with Gasteiger partial charge in [-0.1, -0.05) is 6.08 Å². The van der Waals surface area contributed by atoms with E-state index in [1.54, 1.807) is 6.92 Å². The Bertz CT molecular complexity index is 248. The van der Waals surface area contributed by atoms with E-state index in [1.807, 2.05) is 0 Å². The SMILES string of the molecule is CC=CC(=O)OCCCOP(=O)(O)O.[H+]. The largest absolute Gasteiger partial charge is 1.00 e. The molecule has 0 rings (SSSR count). The van der Waals surface area contributed by atoms with Gasteiger partial charge in [0.2, 0.25) is 0 Å². The molecule has 0 saturated heterocycles. The molecule has 7 heteroatoms. The van der Waals surface area contributed by atoms with E-state index in [2.05, 4.69) is 9.26 Å². The number of esters is 1. The third-order valence-corrected chi connectivity index (χ3v) is 1.61. The molecular formula is C7H14O6P+. The molecule has 0 amide bonds. The fraction of sp³-hybridized carbons (Fsp3) is 0.571. The van der Waals surface area contributed by atoms with Gasteiger partial charge in [0.1, 0.15) is 0 Å². The topological polar surface area (TPSA) is 93.1 Å². The lowest BCUT2D eigenvalue weighted by Crippen LogP contribution is -2.04. The zero-order chi connectivity index (χ0) is 11.0. The molecule has 0 aromatic rings. The van der Waals surface area contributed by atoms with Gasteiger partial charge in [0.05, 0.1) is 13.2 Å². The number of carbonyl (C=O) groups excluding carboxylic acids is 1. The van der Waals surface area contributed by atoms with Crippen molar-refractivity contribution in [1.29, 1.82) is 0 Å². The maximum Gasteiger partial charge on any atom is 1.00 e. The van der Waals surface area contributed by atoms with Crippen molar-refractivity contribution in [1.82, 2.24) is 0 Å². The lowest BCUT2D eigenvalue weighted by Gasteiger charge is -2.04. The monoisotopic (exact) mass is 225 g/mol. The van der Waals surface area contributed by atoms with Gasteiger partial charge in [0.25, 0.3) is 0 Å². The van der Waals surface area contributed by atoms with Crippen LogP contribution in [0, 0.1) is 0 Å². The number of ether oxygens (including phenoxy) is 1. The summed E-state index contributed by atoms with van der Waals surface area (Å²) in [6.45, 7) is 1.61. The van der Waals surface area contributed by atoms with Crippen molar-refractivity contribution in [3.63, 3.8) is 0 Å². The standard InChI is InChI=1S/C7H13O6P/c1-2-4-7(8)12-5-3-6-13-14(9,10)11/h2,4H,3,5-6H2,1H3,(H2,9,10,11)/p+1. The molecule has 0 atom stereocenters. The van der Waals surface area contributed by atoms with Crippen LogP contribution in [0.2, 0.25) is 0 Å². The van der Waals surface area contributed by atoms with E-state index >= 15 is 0 Å². The third-order valence-electron chi connectivity index (χ3n) is 1.10. The van der Waals surface area contributed by atoms with Crippen LogP contribution in [0.5, 0.6) is 0 Å². The molecule has 82 valence electrons. The maximum absolute atomic E-state index is 10.7. The molecule has 0 spiro atoms. The molecule has 0 radical (unpaired) electrons. The van der Waals surface area contributed by atoms with Crippen molar-refractivity contribution in [3.8, 4) is 0 Å². The lowest BCUT2D eigenvalue weighted by atomic mass is 10.5. The zero-order valence-corrected chi connectivity index (χ0v) is 8.65. The summed E-state index contributed by atoms with van der Waals surface area (Å²) in [5.41, 5.74) is 0. The molecule has 0 heterocycles. The molecule has 0 aromatic carbocycles. The van der Waals surface area contributed by atoms with E-state index < -0.39 is 13.8 Å². The first-order valence-corrected chi connectivity index (χ1v) is 5.48. The number of phosphoric acid groups is 1. The van der Waals surface area contributed by atoms with Crippen LogP contribution in [-0.4, -0.2) is 29.0 Å². The Labute approximate surface area is 83.3 Å². The molecule has 6 nitrogen and oxygen atoms in total. The second-order valence-electron chi connectivity index (χ2n) is 2.34. The fourth-order valence-electron chi connectivity index (χ4n) is 0.599. The molecule has 0 aromatic heterocycles. The Morgan fingerprint density at radius 2 is 2.14 bits per heavy atom. The molecule has 0 aliphatic heterocycles. The quantitative estimate of drug-likeness (QED) is 0.299. The summed E-state index contributed by atoms with van der Waals surface area (Å²) in [7, 11) is -4.40. The van der Waals surface area contributed by atoms with E-state index in [-0.39, 0.29) is 21.1 Å². The minimum atomic E-state index is -4.40. The summed E-state index contributed by atoms with van der Waals surface area (Å²) in [6, 6.07) is 0. The molecule has 0 bridgehead atoms. The zero-order valence-electron chi connectivity index (χ0n) is 8.75. The van der Waals surface area contributed by atoms with Crippen LogP contribution >= 0.6 is 7.82 Å². The minimum Gasteiger partial charge on any atom is -0.462 e. The molecule has 0 aliphatic carbocycles. The highest BCUT2D eigenvalue weighted by atomic mass is 31.2. The summed E-state index contributed by atoms with van der Waals surface area (Å²) >= 11 is 0. The summed E-state index contributed by atoms with van der Waals surface area (Å²) < 4.78 is 19.0. The lowest BCUT2D eigenvalue weighted by molar-refractivity contribution is -0.137. The Hall–Kier alpha value is -0.680. The van der Waals surface area contributed by atoms with Gasteiger partial charge in [0.15, 0.2) is 0 Å². The van der Waals surface area contributed by atoms with Crippen molar-refractivity contribution in [3.05, 3.63) is 12.2 Å². The fourth-order valence-corrected chi connectivity index (χ4v) is 0.966. The first-order chi connectivity index (χ1) is 6.45. The van der Waals surface area contributed by atoms with E-state index in [0.29, 0.717) is 0 Å². The average molecular weight is 225 g/mol. The number of hydrogen-bond acceptors (Lipinski definition) is 4. The third kappa shape index (κ3) is 9.41. The highest BCUT2D eigenvalue weighted by molar-refractivity contribution is 7.46. The Morgan fingerprint density at radius 1 is 1.50 bits per heavy atom. The molecule has 14 heavy (non-hydrogen) atoms. The van der Waals surface area contributed by atoms with Crippen LogP contribution < -0.4 is 0 Å². The first-order valence-electron chi connectivity index (χ1n) is 3.95.